The van der Waals surface area contributed by atoms with Gasteiger partial charge in [0, 0.05) is 6.54 Å². The monoisotopic (exact) mass is 321 g/mol. The van der Waals surface area contributed by atoms with Crippen LogP contribution in [0.25, 0.3) is 0 Å². The fourth-order valence-corrected chi connectivity index (χ4v) is 1.94. The van der Waals surface area contributed by atoms with Gasteiger partial charge in [0.2, 0.25) is 5.91 Å². The van der Waals surface area contributed by atoms with Crippen LogP contribution in [0.5, 0.6) is 0 Å². The van der Waals surface area contributed by atoms with E-state index in [1.165, 1.54) is 0 Å². The van der Waals surface area contributed by atoms with Gasteiger partial charge in [-0.1, -0.05) is 30.3 Å². The highest BCUT2D eigenvalue weighted by atomic mass is 16.4. The molecule has 126 valence electrons. The van der Waals surface area contributed by atoms with Crippen molar-refractivity contribution in [2.75, 3.05) is 6.54 Å². The van der Waals surface area contributed by atoms with Crippen LogP contribution in [0, 0.1) is 5.41 Å². The molecule has 0 heterocycles. The zero-order chi connectivity index (χ0) is 17.5. The van der Waals surface area contributed by atoms with Crippen molar-refractivity contribution in [3.8, 4) is 0 Å². The van der Waals surface area contributed by atoms with Gasteiger partial charge in [-0.25, -0.2) is 4.79 Å². The van der Waals surface area contributed by atoms with E-state index in [0.29, 0.717) is 6.42 Å². The molecule has 0 radical (unpaired) electrons. The lowest BCUT2D eigenvalue weighted by Gasteiger charge is -2.21. The molecule has 0 unspecified atom stereocenters. The van der Waals surface area contributed by atoms with Gasteiger partial charge in [-0.2, -0.15) is 0 Å². The van der Waals surface area contributed by atoms with Crippen LogP contribution in [0.4, 0.5) is 4.79 Å². The summed E-state index contributed by atoms with van der Waals surface area (Å²) in [6, 6.07) is 8.03. The molecule has 0 bridgehead atoms. The largest absolute Gasteiger partial charge is 0.481 e. The van der Waals surface area contributed by atoms with E-state index >= 15 is 0 Å². The van der Waals surface area contributed by atoms with Gasteiger partial charge in [0.05, 0.1) is 17.9 Å². The number of carboxylic acid groups (broad SMARTS) is 1. The molecule has 5 N–H and O–H groups in total. The molecule has 3 amide bonds. The highest BCUT2D eigenvalue weighted by Crippen LogP contribution is 2.19. The van der Waals surface area contributed by atoms with Crippen LogP contribution >= 0.6 is 0 Å². The first-order valence-corrected chi connectivity index (χ1v) is 7.33. The topological polar surface area (TPSA) is 122 Å². The van der Waals surface area contributed by atoms with Gasteiger partial charge in [-0.05, 0) is 25.8 Å². The number of carbonyl (C=O) groups is 3. The number of carbonyl (C=O) groups excluding carboxylic acids is 2. The van der Waals surface area contributed by atoms with Crippen molar-refractivity contribution >= 4 is 17.9 Å². The summed E-state index contributed by atoms with van der Waals surface area (Å²) in [7, 11) is 0. The van der Waals surface area contributed by atoms with Crippen LogP contribution in [0.3, 0.4) is 0 Å². The second-order valence-electron chi connectivity index (χ2n) is 5.97. The Balaban J connectivity index is 2.58. The summed E-state index contributed by atoms with van der Waals surface area (Å²) in [5, 5.41) is 14.3. The van der Waals surface area contributed by atoms with Crippen LogP contribution in [-0.2, 0) is 9.59 Å². The molecular weight excluding hydrogens is 298 g/mol. The summed E-state index contributed by atoms with van der Waals surface area (Å²) in [5.41, 5.74) is 5.07. The molecule has 0 aromatic heterocycles. The van der Waals surface area contributed by atoms with Crippen LogP contribution in [0.2, 0.25) is 0 Å². The van der Waals surface area contributed by atoms with E-state index in [0.717, 1.165) is 5.56 Å². The molecule has 0 fully saturated rings. The van der Waals surface area contributed by atoms with E-state index in [-0.39, 0.29) is 13.0 Å². The maximum Gasteiger partial charge on any atom is 0.315 e. The zero-order valence-electron chi connectivity index (χ0n) is 13.3. The predicted molar refractivity (Wildman–Crippen MR) is 85.6 cm³/mol. The molecule has 0 aliphatic heterocycles. The standard InChI is InChI=1S/C16H23N3O4/c1-16(2,14(21)22)8-9-18-15(23)19-12(10-13(17)20)11-6-4-3-5-7-11/h3-7,12H,8-10H2,1-2H3,(H2,17,20)(H,21,22)(H2,18,19,23)/t12-/m0/s1. The molecule has 0 saturated carbocycles. The van der Waals surface area contributed by atoms with Crippen LogP contribution in [-0.4, -0.2) is 29.6 Å². The summed E-state index contributed by atoms with van der Waals surface area (Å²) in [5.74, 6) is -1.44. The molecule has 0 aliphatic carbocycles. The minimum absolute atomic E-state index is 0.0158. The number of hydrogen-bond donors (Lipinski definition) is 4. The normalized spacial score (nSPS) is 12.3. The van der Waals surface area contributed by atoms with Crippen molar-refractivity contribution in [3.63, 3.8) is 0 Å². The maximum absolute atomic E-state index is 11.9. The summed E-state index contributed by atoms with van der Waals surface area (Å²) in [6.45, 7) is 3.40. The SMILES string of the molecule is CC(C)(CCNC(=O)N[C@@H](CC(N)=O)c1ccccc1)C(=O)O. The van der Waals surface area contributed by atoms with Crippen LogP contribution in [0.1, 0.15) is 38.3 Å². The molecule has 1 rings (SSSR count). The average Bonchev–Trinajstić information content (AvgIpc) is 2.46. The van der Waals surface area contributed by atoms with Gasteiger partial charge < -0.3 is 21.5 Å². The minimum Gasteiger partial charge on any atom is -0.481 e. The summed E-state index contributed by atoms with van der Waals surface area (Å²) in [6.07, 6.45) is 0.277. The number of aliphatic carboxylic acids is 1. The number of benzene rings is 1. The number of amides is 3. The molecule has 1 aromatic rings. The maximum atomic E-state index is 11.9. The Hall–Kier alpha value is -2.57. The van der Waals surface area contributed by atoms with Crippen molar-refractivity contribution in [3.05, 3.63) is 35.9 Å². The Morgan fingerprint density at radius 3 is 2.35 bits per heavy atom. The van der Waals surface area contributed by atoms with E-state index in [4.69, 9.17) is 10.8 Å². The average molecular weight is 321 g/mol. The third-order valence-corrected chi connectivity index (χ3v) is 3.53. The van der Waals surface area contributed by atoms with E-state index in [1.807, 2.05) is 6.07 Å². The lowest BCUT2D eigenvalue weighted by Crippen LogP contribution is -2.41. The second kappa shape index (κ2) is 8.17. The smallest absolute Gasteiger partial charge is 0.315 e. The van der Waals surface area contributed by atoms with Crippen LogP contribution < -0.4 is 16.4 Å². The third-order valence-electron chi connectivity index (χ3n) is 3.53. The fourth-order valence-electron chi connectivity index (χ4n) is 1.94. The van der Waals surface area contributed by atoms with Gasteiger partial charge in [0.15, 0.2) is 0 Å². The number of hydrogen-bond acceptors (Lipinski definition) is 3. The van der Waals surface area contributed by atoms with Gasteiger partial charge in [-0.15, -0.1) is 0 Å². The van der Waals surface area contributed by atoms with Gasteiger partial charge in [0.1, 0.15) is 0 Å². The van der Waals surface area contributed by atoms with E-state index in [9.17, 15) is 14.4 Å². The minimum atomic E-state index is -0.921. The summed E-state index contributed by atoms with van der Waals surface area (Å²) >= 11 is 0. The van der Waals surface area contributed by atoms with Crippen molar-refractivity contribution in [1.82, 2.24) is 10.6 Å². The van der Waals surface area contributed by atoms with Crippen molar-refractivity contribution in [2.24, 2.45) is 11.1 Å². The molecule has 7 heteroatoms. The lowest BCUT2D eigenvalue weighted by atomic mass is 9.90. The highest BCUT2D eigenvalue weighted by molar-refractivity contribution is 5.78. The van der Waals surface area contributed by atoms with Gasteiger partial charge in [-0.3, -0.25) is 9.59 Å². The Morgan fingerprint density at radius 1 is 1.22 bits per heavy atom. The first-order valence-electron chi connectivity index (χ1n) is 7.33. The Morgan fingerprint density at radius 2 is 1.83 bits per heavy atom. The number of nitrogens with one attached hydrogen (secondary N) is 2. The number of carboxylic acids is 1. The van der Waals surface area contributed by atoms with E-state index in [2.05, 4.69) is 10.6 Å². The van der Waals surface area contributed by atoms with Crippen molar-refractivity contribution in [1.29, 1.82) is 0 Å². The molecule has 0 spiro atoms. The third kappa shape index (κ3) is 6.37. The molecule has 7 nitrogen and oxygen atoms in total. The Labute approximate surface area is 135 Å². The Kier molecular flexibility index (Phi) is 6.56. The lowest BCUT2D eigenvalue weighted by molar-refractivity contribution is -0.147. The van der Waals surface area contributed by atoms with E-state index < -0.39 is 29.4 Å². The van der Waals surface area contributed by atoms with E-state index in [1.54, 1.807) is 38.1 Å². The highest BCUT2D eigenvalue weighted by Gasteiger charge is 2.26. The van der Waals surface area contributed by atoms with Crippen molar-refractivity contribution < 1.29 is 19.5 Å². The van der Waals surface area contributed by atoms with Gasteiger partial charge >= 0.3 is 12.0 Å². The summed E-state index contributed by atoms with van der Waals surface area (Å²) < 4.78 is 0. The first-order chi connectivity index (χ1) is 10.7. The predicted octanol–water partition coefficient (Wildman–Crippen LogP) is 1.40. The second-order valence-corrected chi connectivity index (χ2v) is 5.97. The zero-order valence-corrected chi connectivity index (χ0v) is 13.3. The summed E-state index contributed by atoms with van der Waals surface area (Å²) in [4.78, 5) is 34.1. The molecule has 0 saturated heterocycles. The number of urea groups is 1. The Bertz CT molecular complexity index is 558. The van der Waals surface area contributed by atoms with Gasteiger partial charge in [0.25, 0.3) is 0 Å². The first kappa shape index (κ1) is 18.5. The molecule has 1 atom stereocenters. The fraction of sp³-hybridized carbons (Fsp3) is 0.438. The number of rotatable bonds is 8. The quantitative estimate of drug-likeness (QED) is 0.578. The number of nitrogens with two attached hydrogens (primary N) is 1. The molecule has 0 aliphatic rings. The molecular formula is C16H23N3O4. The van der Waals surface area contributed by atoms with Crippen LogP contribution in [0.15, 0.2) is 30.3 Å². The molecule has 23 heavy (non-hydrogen) atoms. The molecule has 1 aromatic carbocycles. The van der Waals surface area contributed by atoms with Crippen molar-refractivity contribution in [2.45, 2.75) is 32.7 Å². The number of primary amides is 1.